The lowest BCUT2D eigenvalue weighted by atomic mass is 10.3. The van der Waals surface area contributed by atoms with Gasteiger partial charge in [-0.15, -0.1) is 21.5 Å². The fourth-order valence-corrected chi connectivity index (χ4v) is 1.84. The molecule has 0 fully saturated rings. The lowest BCUT2D eigenvalue weighted by molar-refractivity contribution is 0.766. The number of hydrogen-bond donors (Lipinski definition) is 1. The molecule has 1 rings (SSSR count). The van der Waals surface area contributed by atoms with E-state index in [2.05, 4.69) is 22.4 Å². The maximum atomic E-state index is 4.10. The molecular formula is C8H15N3S. The van der Waals surface area contributed by atoms with Crippen molar-refractivity contribution in [2.45, 2.75) is 32.7 Å². The number of rotatable bonds is 5. The van der Waals surface area contributed by atoms with Crippen LogP contribution in [0.1, 0.15) is 29.8 Å². The van der Waals surface area contributed by atoms with Crippen molar-refractivity contribution in [3.63, 3.8) is 0 Å². The van der Waals surface area contributed by atoms with Gasteiger partial charge in [0.2, 0.25) is 0 Å². The van der Waals surface area contributed by atoms with Gasteiger partial charge in [-0.05, 0) is 13.5 Å². The van der Waals surface area contributed by atoms with E-state index in [9.17, 15) is 0 Å². The topological polar surface area (TPSA) is 37.8 Å². The van der Waals surface area contributed by atoms with E-state index in [0.717, 1.165) is 18.0 Å². The van der Waals surface area contributed by atoms with Crippen molar-refractivity contribution in [2.75, 3.05) is 7.05 Å². The molecule has 0 aliphatic carbocycles. The van der Waals surface area contributed by atoms with E-state index in [1.165, 1.54) is 17.8 Å². The Morgan fingerprint density at radius 2 is 2.08 bits per heavy atom. The molecule has 3 nitrogen and oxygen atoms in total. The summed E-state index contributed by atoms with van der Waals surface area (Å²) in [6.45, 7) is 3.03. The van der Waals surface area contributed by atoms with E-state index in [1.54, 1.807) is 11.3 Å². The minimum Gasteiger partial charge on any atom is -0.313 e. The molecule has 1 aromatic heterocycles. The van der Waals surface area contributed by atoms with Gasteiger partial charge in [-0.1, -0.05) is 13.3 Å². The van der Waals surface area contributed by atoms with Crippen LogP contribution in [0, 0.1) is 0 Å². The smallest absolute Gasteiger partial charge is 0.131 e. The summed E-state index contributed by atoms with van der Waals surface area (Å²) < 4.78 is 0. The highest BCUT2D eigenvalue weighted by Gasteiger charge is 2.01. The molecule has 0 aliphatic heterocycles. The first-order chi connectivity index (χ1) is 5.86. The van der Waals surface area contributed by atoms with Gasteiger partial charge in [-0.2, -0.15) is 0 Å². The van der Waals surface area contributed by atoms with Crippen molar-refractivity contribution in [1.82, 2.24) is 15.5 Å². The molecule has 1 heterocycles. The van der Waals surface area contributed by atoms with Crippen molar-refractivity contribution in [3.8, 4) is 0 Å². The molecule has 1 N–H and O–H groups in total. The second-order valence-electron chi connectivity index (χ2n) is 2.72. The fraction of sp³-hybridized carbons (Fsp3) is 0.750. The second kappa shape index (κ2) is 5.22. The van der Waals surface area contributed by atoms with Gasteiger partial charge in [0.1, 0.15) is 10.0 Å². The van der Waals surface area contributed by atoms with E-state index in [0.29, 0.717) is 0 Å². The van der Waals surface area contributed by atoms with Crippen LogP contribution in [0.4, 0.5) is 0 Å². The summed E-state index contributed by atoms with van der Waals surface area (Å²) in [5, 5.41) is 13.5. The van der Waals surface area contributed by atoms with Crippen LogP contribution in [0.5, 0.6) is 0 Å². The summed E-state index contributed by atoms with van der Waals surface area (Å²) in [6, 6.07) is 0. The van der Waals surface area contributed by atoms with Gasteiger partial charge in [0.15, 0.2) is 0 Å². The van der Waals surface area contributed by atoms with Gasteiger partial charge in [0, 0.05) is 13.0 Å². The first kappa shape index (κ1) is 9.61. The molecule has 12 heavy (non-hydrogen) atoms. The van der Waals surface area contributed by atoms with Crippen LogP contribution in [0.15, 0.2) is 0 Å². The van der Waals surface area contributed by atoms with Crippen LogP contribution < -0.4 is 5.32 Å². The minimum atomic E-state index is 0.837. The van der Waals surface area contributed by atoms with Crippen molar-refractivity contribution in [1.29, 1.82) is 0 Å². The predicted molar refractivity (Wildman–Crippen MR) is 51.3 cm³/mol. The van der Waals surface area contributed by atoms with E-state index < -0.39 is 0 Å². The van der Waals surface area contributed by atoms with Gasteiger partial charge in [-0.3, -0.25) is 0 Å². The Bertz CT molecular complexity index is 222. The third-order valence-electron chi connectivity index (χ3n) is 1.58. The Morgan fingerprint density at radius 3 is 2.75 bits per heavy atom. The average molecular weight is 185 g/mol. The number of nitrogens with zero attached hydrogens (tertiary/aromatic N) is 2. The molecule has 0 saturated carbocycles. The number of aryl methyl sites for hydroxylation is 1. The second-order valence-corrected chi connectivity index (χ2v) is 3.87. The van der Waals surface area contributed by atoms with Crippen molar-refractivity contribution in [2.24, 2.45) is 0 Å². The normalized spacial score (nSPS) is 10.5. The molecular weight excluding hydrogens is 170 g/mol. The Kier molecular flexibility index (Phi) is 4.18. The van der Waals surface area contributed by atoms with Crippen LogP contribution in [0.2, 0.25) is 0 Å². The maximum Gasteiger partial charge on any atom is 0.131 e. The highest BCUT2D eigenvalue weighted by Crippen LogP contribution is 2.11. The predicted octanol–water partition coefficient (Wildman–Crippen LogP) is 1.60. The summed E-state index contributed by atoms with van der Waals surface area (Å²) in [4.78, 5) is 0. The Morgan fingerprint density at radius 1 is 1.33 bits per heavy atom. The standard InChI is InChI=1S/C8H15N3S/c1-3-4-5-7-10-11-8(12-7)6-9-2/h9H,3-6H2,1-2H3. The third-order valence-corrected chi connectivity index (χ3v) is 2.56. The van der Waals surface area contributed by atoms with Crippen LogP contribution in [-0.4, -0.2) is 17.2 Å². The minimum absolute atomic E-state index is 0.837. The van der Waals surface area contributed by atoms with E-state index in [-0.39, 0.29) is 0 Å². The lowest BCUT2D eigenvalue weighted by Crippen LogP contribution is -2.04. The summed E-state index contributed by atoms with van der Waals surface area (Å²) in [5.41, 5.74) is 0. The summed E-state index contributed by atoms with van der Waals surface area (Å²) in [5.74, 6) is 0. The van der Waals surface area contributed by atoms with E-state index >= 15 is 0 Å². The van der Waals surface area contributed by atoms with Crippen LogP contribution in [0.25, 0.3) is 0 Å². The Balaban J connectivity index is 2.41. The monoisotopic (exact) mass is 185 g/mol. The van der Waals surface area contributed by atoms with Crippen molar-refractivity contribution < 1.29 is 0 Å². The van der Waals surface area contributed by atoms with Gasteiger partial charge in [0.05, 0.1) is 0 Å². The highest BCUT2D eigenvalue weighted by atomic mass is 32.1. The van der Waals surface area contributed by atoms with E-state index in [1.807, 2.05) is 7.05 Å². The largest absolute Gasteiger partial charge is 0.313 e. The molecule has 0 aromatic carbocycles. The Labute approximate surface area is 77.2 Å². The van der Waals surface area contributed by atoms with Gasteiger partial charge in [-0.25, -0.2) is 0 Å². The molecule has 0 bridgehead atoms. The van der Waals surface area contributed by atoms with Crippen molar-refractivity contribution >= 4 is 11.3 Å². The molecule has 0 amide bonds. The number of unbranched alkanes of at least 4 members (excludes halogenated alkanes) is 1. The Hall–Kier alpha value is -0.480. The van der Waals surface area contributed by atoms with Crippen molar-refractivity contribution in [3.05, 3.63) is 10.0 Å². The summed E-state index contributed by atoms with van der Waals surface area (Å²) in [6.07, 6.45) is 3.52. The molecule has 0 atom stereocenters. The number of aromatic nitrogens is 2. The van der Waals surface area contributed by atoms with Crippen LogP contribution in [-0.2, 0) is 13.0 Å². The SMILES string of the molecule is CCCCc1nnc(CNC)s1. The molecule has 0 saturated heterocycles. The van der Waals surface area contributed by atoms with Crippen LogP contribution >= 0.6 is 11.3 Å². The first-order valence-corrected chi connectivity index (χ1v) is 5.14. The zero-order valence-corrected chi connectivity index (χ0v) is 8.45. The maximum absolute atomic E-state index is 4.10. The zero-order chi connectivity index (χ0) is 8.81. The summed E-state index contributed by atoms with van der Waals surface area (Å²) in [7, 11) is 1.92. The van der Waals surface area contributed by atoms with Gasteiger partial charge < -0.3 is 5.32 Å². The molecule has 0 spiro atoms. The quantitative estimate of drug-likeness (QED) is 0.757. The molecule has 4 heteroatoms. The zero-order valence-electron chi connectivity index (χ0n) is 7.63. The molecule has 0 radical (unpaired) electrons. The van der Waals surface area contributed by atoms with E-state index in [4.69, 9.17) is 0 Å². The first-order valence-electron chi connectivity index (χ1n) is 4.32. The lowest BCUT2D eigenvalue weighted by Gasteiger charge is -1.90. The van der Waals surface area contributed by atoms with Gasteiger partial charge in [0.25, 0.3) is 0 Å². The molecule has 68 valence electrons. The number of hydrogen-bond acceptors (Lipinski definition) is 4. The van der Waals surface area contributed by atoms with Gasteiger partial charge >= 0.3 is 0 Å². The average Bonchev–Trinajstić information content (AvgIpc) is 2.50. The molecule has 1 aromatic rings. The van der Waals surface area contributed by atoms with Crippen LogP contribution in [0.3, 0.4) is 0 Å². The third kappa shape index (κ3) is 2.87. The number of nitrogens with one attached hydrogen (secondary N) is 1. The molecule has 0 aliphatic rings. The summed E-state index contributed by atoms with van der Waals surface area (Å²) >= 11 is 1.71. The highest BCUT2D eigenvalue weighted by molar-refractivity contribution is 7.11. The fourth-order valence-electron chi connectivity index (χ4n) is 0.940. The molecule has 0 unspecified atom stereocenters.